The van der Waals surface area contributed by atoms with E-state index in [-0.39, 0.29) is 30.1 Å². The maximum Gasteiger partial charge on any atom is 0.123 e. The van der Waals surface area contributed by atoms with Crippen molar-refractivity contribution in [2.75, 3.05) is 45.9 Å². The number of aliphatic hydroxyl groups excluding tert-OH is 1. The average molecular weight is 559 g/mol. The molecule has 1 aliphatic rings. The predicted octanol–water partition coefficient (Wildman–Crippen LogP) is 6.45. The molecule has 1 saturated heterocycles. The summed E-state index contributed by atoms with van der Waals surface area (Å²) in [5.74, 6) is -0.591. The minimum Gasteiger partial charge on any atom is -0.388 e. The summed E-state index contributed by atoms with van der Waals surface area (Å²) in [4.78, 5) is 4.79. The third-order valence-electron chi connectivity index (χ3n) is 7.09. The average Bonchev–Trinajstić information content (AvgIpc) is 3.36. The van der Waals surface area contributed by atoms with Crippen LogP contribution in [0.25, 0.3) is 10.1 Å². The van der Waals surface area contributed by atoms with Gasteiger partial charge in [0.2, 0.25) is 0 Å². The summed E-state index contributed by atoms with van der Waals surface area (Å²) < 4.78 is 34.4. The van der Waals surface area contributed by atoms with E-state index in [1.807, 2.05) is 12.1 Å². The molecular formula is C30H33ClF2N2O2S. The van der Waals surface area contributed by atoms with Crippen molar-refractivity contribution in [3.8, 4) is 0 Å². The standard InChI is InChI=1S/C30H32F2N2O2S.ClH/c31-24-9-5-22(6-10-24)30(23-7-11-25(32)12-8-23)36-20-19-34-17-15-33(16-18-34)14-13-28(35)27-21-37-29-4-2-1-3-26(27)29;/h1-12,21,28,30,35H,13-20H2;1H. The number of fused-ring (bicyclic) bond motifs is 1. The fourth-order valence-corrected chi connectivity index (χ4v) is 5.92. The lowest BCUT2D eigenvalue weighted by Gasteiger charge is -2.35. The molecule has 1 N–H and O–H groups in total. The number of nitrogens with zero attached hydrogens (tertiary/aromatic N) is 2. The zero-order valence-electron chi connectivity index (χ0n) is 21.1. The van der Waals surface area contributed by atoms with Crippen molar-refractivity contribution in [1.82, 2.24) is 9.80 Å². The molecule has 1 atom stereocenters. The maximum absolute atomic E-state index is 13.5. The molecule has 8 heteroatoms. The number of ether oxygens (including phenoxy) is 1. The highest BCUT2D eigenvalue weighted by Crippen LogP contribution is 2.32. The van der Waals surface area contributed by atoms with E-state index in [0.29, 0.717) is 6.61 Å². The van der Waals surface area contributed by atoms with Crippen LogP contribution in [-0.2, 0) is 4.74 Å². The predicted molar refractivity (Wildman–Crippen MR) is 152 cm³/mol. The van der Waals surface area contributed by atoms with Gasteiger partial charge < -0.3 is 14.7 Å². The Morgan fingerprint density at radius 3 is 1.95 bits per heavy atom. The van der Waals surface area contributed by atoms with Crippen molar-refractivity contribution in [3.05, 3.63) is 107 Å². The highest BCUT2D eigenvalue weighted by molar-refractivity contribution is 7.17. The van der Waals surface area contributed by atoms with Gasteiger partial charge in [0.15, 0.2) is 0 Å². The molecule has 0 bridgehead atoms. The van der Waals surface area contributed by atoms with Crippen LogP contribution < -0.4 is 0 Å². The number of thiophene rings is 1. The van der Waals surface area contributed by atoms with Gasteiger partial charge >= 0.3 is 0 Å². The minimum atomic E-state index is -0.447. The Labute approximate surface area is 232 Å². The van der Waals surface area contributed by atoms with Gasteiger partial charge in [0.05, 0.1) is 12.7 Å². The van der Waals surface area contributed by atoms with E-state index in [1.54, 1.807) is 35.6 Å². The highest BCUT2D eigenvalue weighted by Gasteiger charge is 2.21. The molecule has 202 valence electrons. The lowest BCUT2D eigenvalue weighted by molar-refractivity contribution is 0.0426. The van der Waals surface area contributed by atoms with Crippen LogP contribution in [0, 0.1) is 11.6 Å². The number of rotatable bonds is 10. The molecule has 1 unspecified atom stereocenters. The zero-order chi connectivity index (χ0) is 25.6. The van der Waals surface area contributed by atoms with Gasteiger partial charge in [-0.3, -0.25) is 4.90 Å². The molecule has 1 aromatic heterocycles. The first kappa shape index (κ1) is 28.6. The first-order valence-corrected chi connectivity index (χ1v) is 13.7. The van der Waals surface area contributed by atoms with Crippen molar-refractivity contribution in [3.63, 3.8) is 0 Å². The number of piperazine rings is 1. The molecule has 4 nitrogen and oxygen atoms in total. The number of aliphatic hydroxyl groups is 1. The molecule has 0 radical (unpaired) electrons. The number of hydrogen-bond donors (Lipinski definition) is 1. The summed E-state index contributed by atoms with van der Waals surface area (Å²) in [5.41, 5.74) is 2.72. The normalized spacial score (nSPS) is 15.6. The molecule has 1 aliphatic heterocycles. The van der Waals surface area contributed by atoms with Gasteiger partial charge in [0, 0.05) is 44.0 Å². The summed E-state index contributed by atoms with van der Waals surface area (Å²) >= 11 is 1.69. The summed E-state index contributed by atoms with van der Waals surface area (Å²) in [6.07, 6.45) is -0.101. The Kier molecular flexibility index (Phi) is 10.2. The highest BCUT2D eigenvalue weighted by atomic mass is 35.5. The molecule has 0 aliphatic carbocycles. The minimum absolute atomic E-state index is 0. The molecule has 5 rings (SSSR count). The first-order valence-electron chi connectivity index (χ1n) is 12.8. The molecule has 38 heavy (non-hydrogen) atoms. The van der Waals surface area contributed by atoms with E-state index in [1.165, 1.54) is 29.0 Å². The second-order valence-electron chi connectivity index (χ2n) is 9.53. The molecule has 4 aromatic rings. The summed E-state index contributed by atoms with van der Waals surface area (Å²) in [6.45, 7) is 5.97. The van der Waals surface area contributed by atoms with E-state index in [0.717, 1.165) is 67.8 Å². The summed E-state index contributed by atoms with van der Waals surface area (Å²) in [6, 6.07) is 20.8. The molecule has 0 saturated carbocycles. The third-order valence-corrected chi connectivity index (χ3v) is 8.07. The van der Waals surface area contributed by atoms with Crippen molar-refractivity contribution < 1.29 is 18.6 Å². The van der Waals surface area contributed by atoms with Crippen molar-refractivity contribution in [2.45, 2.75) is 18.6 Å². The topological polar surface area (TPSA) is 35.9 Å². The second-order valence-corrected chi connectivity index (χ2v) is 10.4. The molecule has 0 spiro atoms. The van der Waals surface area contributed by atoms with Crippen LogP contribution in [0.1, 0.15) is 35.3 Å². The first-order chi connectivity index (χ1) is 18.1. The van der Waals surface area contributed by atoms with Gasteiger partial charge in [-0.1, -0.05) is 42.5 Å². The van der Waals surface area contributed by atoms with E-state index in [9.17, 15) is 13.9 Å². The van der Waals surface area contributed by atoms with Crippen LogP contribution in [-0.4, -0.2) is 60.8 Å². The molecule has 0 amide bonds. The Bertz CT molecular complexity index is 1230. The fourth-order valence-electron chi connectivity index (χ4n) is 4.91. The van der Waals surface area contributed by atoms with Crippen LogP contribution in [0.4, 0.5) is 8.78 Å². The van der Waals surface area contributed by atoms with Crippen LogP contribution in [0.3, 0.4) is 0 Å². The lowest BCUT2D eigenvalue weighted by atomic mass is 10.0. The Balaban J connectivity index is 0.00000336. The monoisotopic (exact) mass is 558 g/mol. The van der Waals surface area contributed by atoms with Gasteiger partial charge in [0.1, 0.15) is 17.7 Å². The van der Waals surface area contributed by atoms with E-state index in [2.05, 4.69) is 27.3 Å². The van der Waals surface area contributed by atoms with Gasteiger partial charge in [-0.15, -0.1) is 23.7 Å². The Morgan fingerprint density at radius 2 is 1.34 bits per heavy atom. The van der Waals surface area contributed by atoms with Crippen LogP contribution in [0.2, 0.25) is 0 Å². The smallest absolute Gasteiger partial charge is 0.123 e. The van der Waals surface area contributed by atoms with E-state index in [4.69, 9.17) is 4.74 Å². The molecule has 1 fully saturated rings. The van der Waals surface area contributed by atoms with Crippen molar-refractivity contribution in [1.29, 1.82) is 0 Å². The number of halogens is 3. The van der Waals surface area contributed by atoms with Gasteiger partial charge in [0.25, 0.3) is 0 Å². The number of hydrogen-bond acceptors (Lipinski definition) is 5. The largest absolute Gasteiger partial charge is 0.388 e. The summed E-state index contributed by atoms with van der Waals surface area (Å²) in [7, 11) is 0. The fraction of sp³-hybridized carbons (Fsp3) is 0.333. The quantitative estimate of drug-likeness (QED) is 0.243. The van der Waals surface area contributed by atoms with Crippen LogP contribution in [0.15, 0.2) is 78.2 Å². The molecule has 3 aromatic carbocycles. The number of benzene rings is 3. The van der Waals surface area contributed by atoms with Gasteiger partial charge in [-0.05, 0) is 64.2 Å². The van der Waals surface area contributed by atoms with Crippen molar-refractivity contribution >= 4 is 33.8 Å². The Morgan fingerprint density at radius 1 is 0.789 bits per heavy atom. The zero-order valence-corrected chi connectivity index (χ0v) is 22.8. The van der Waals surface area contributed by atoms with Gasteiger partial charge in [-0.2, -0.15) is 0 Å². The lowest BCUT2D eigenvalue weighted by Crippen LogP contribution is -2.47. The van der Waals surface area contributed by atoms with Crippen LogP contribution in [0.5, 0.6) is 0 Å². The molecule has 2 heterocycles. The molecular weight excluding hydrogens is 526 g/mol. The Hall–Kier alpha value is -2.39. The van der Waals surface area contributed by atoms with Crippen LogP contribution >= 0.6 is 23.7 Å². The summed E-state index contributed by atoms with van der Waals surface area (Å²) in [5, 5.41) is 14.0. The van der Waals surface area contributed by atoms with Crippen molar-refractivity contribution in [2.24, 2.45) is 0 Å². The third kappa shape index (κ3) is 7.17. The van der Waals surface area contributed by atoms with Gasteiger partial charge in [-0.25, -0.2) is 8.78 Å². The second kappa shape index (κ2) is 13.6. The van der Waals surface area contributed by atoms with E-state index < -0.39 is 6.10 Å². The SMILES string of the molecule is Cl.OC(CCN1CCN(CCOC(c2ccc(F)cc2)c2ccc(F)cc2)CC1)c1csc2ccccc12. The van der Waals surface area contributed by atoms with E-state index >= 15 is 0 Å². The maximum atomic E-state index is 13.5.